The fourth-order valence-corrected chi connectivity index (χ4v) is 2.21. The quantitative estimate of drug-likeness (QED) is 0.783. The highest BCUT2D eigenvalue weighted by Crippen LogP contribution is 2.17. The molecule has 5 nitrogen and oxygen atoms in total. The van der Waals surface area contributed by atoms with Crippen molar-refractivity contribution >= 4 is 16.0 Å². The number of nitrogens with zero attached hydrogens (tertiary/aromatic N) is 1. The number of hydrogen-bond acceptors (Lipinski definition) is 4. The van der Waals surface area contributed by atoms with Crippen LogP contribution in [0.5, 0.6) is 0 Å². The van der Waals surface area contributed by atoms with Crippen molar-refractivity contribution in [1.29, 1.82) is 0 Å². The molecule has 1 aromatic carbocycles. The highest BCUT2D eigenvalue weighted by molar-refractivity contribution is 7.86. The molecule has 0 spiro atoms. The first-order valence-electron chi connectivity index (χ1n) is 4.95. The second kappa shape index (κ2) is 5.40. The van der Waals surface area contributed by atoms with E-state index in [9.17, 15) is 22.0 Å². The van der Waals surface area contributed by atoms with Crippen LogP contribution < -0.4 is 0 Å². The van der Waals surface area contributed by atoms with E-state index < -0.39 is 32.6 Å². The molecule has 0 aliphatic carbocycles. The average molecular weight is 279 g/mol. The Kier molecular flexibility index (Phi) is 4.36. The first kappa shape index (κ1) is 14.5. The molecule has 1 amide bonds. The largest absolute Gasteiger partial charge is 0.318 e. The average Bonchev–Trinajstić information content (AvgIpc) is 2.24. The lowest BCUT2D eigenvalue weighted by atomic mass is 10.3. The Bertz CT molecular complexity index is 539. The van der Waals surface area contributed by atoms with Crippen LogP contribution in [0.2, 0.25) is 0 Å². The normalized spacial score (nSPS) is 11.3. The Labute approximate surface area is 103 Å². The molecular formula is C10H11F2NO4S. The molecule has 0 unspecified atom stereocenters. The second-order valence-corrected chi connectivity index (χ2v) is 4.88. The summed E-state index contributed by atoms with van der Waals surface area (Å²) in [7, 11) is -4.44. The van der Waals surface area contributed by atoms with E-state index >= 15 is 0 Å². The standard InChI is InChI=1S/C10H11F2NO4S/c1-3-13(7(2)14)17-18(15,16)10-5-8(11)4-9(12)6-10/h4-6H,3H2,1-2H3. The van der Waals surface area contributed by atoms with Gasteiger partial charge in [-0.1, -0.05) is 0 Å². The van der Waals surface area contributed by atoms with E-state index in [4.69, 9.17) is 0 Å². The van der Waals surface area contributed by atoms with Gasteiger partial charge in [0.2, 0.25) is 5.91 Å². The fraction of sp³-hybridized carbons (Fsp3) is 0.300. The van der Waals surface area contributed by atoms with Gasteiger partial charge in [-0.3, -0.25) is 4.79 Å². The molecule has 0 aliphatic rings. The summed E-state index contributed by atoms with van der Waals surface area (Å²) >= 11 is 0. The van der Waals surface area contributed by atoms with E-state index in [2.05, 4.69) is 4.28 Å². The minimum atomic E-state index is -4.44. The third-order valence-corrected chi connectivity index (χ3v) is 3.14. The van der Waals surface area contributed by atoms with E-state index in [-0.39, 0.29) is 6.54 Å². The lowest BCUT2D eigenvalue weighted by Gasteiger charge is -2.17. The van der Waals surface area contributed by atoms with Gasteiger partial charge in [0.1, 0.15) is 16.5 Å². The summed E-state index contributed by atoms with van der Waals surface area (Å²) in [5, 5.41) is 0.568. The highest BCUT2D eigenvalue weighted by atomic mass is 32.2. The van der Waals surface area contributed by atoms with Crippen LogP contribution in [0, 0.1) is 11.6 Å². The van der Waals surface area contributed by atoms with Gasteiger partial charge in [0, 0.05) is 19.5 Å². The minimum Gasteiger partial charge on any atom is -0.273 e. The summed E-state index contributed by atoms with van der Waals surface area (Å²) < 4.78 is 53.6. The van der Waals surface area contributed by atoms with Crippen molar-refractivity contribution in [2.45, 2.75) is 18.7 Å². The lowest BCUT2D eigenvalue weighted by Crippen LogP contribution is -2.31. The Hall–Kier alpha value is -1.54. The highest BCUT2D eigenvalue weighted by Gasteiger charge is 2.22. The van der Waals surface area contributed by atoms with Gasteiger partial charge >= 0.3 is 10.1 Å². The number of carbonyl (C=O) groups is 1. The third kappa shape index (κ3) is 3.47. The maximum Gasteiger partial charge on any atom is 0.318 e. The fourth-order valence-electron chi connectivity index (χ4n) is 1.16. The van der Waals surface area contributed by atoms with Gasteiger partial charge in [0.05, 0.1) is 0 Å². The molecule has 18 heavy (non-hydrogen) atoms. The van der Waals surface area contributed by atoms with E-state index in [0.717, 1.165) is 6.92 Å². The van der Waals surface area contributed by atoms with Gasteiger partial charge in [-0.25, -0.2) is 13.8 Å². The maximum atomic E-state index is 12.9. The van der Waals surface area contributed by atoms with Crippen LogP contribution >= 0.6 is 0 Å². The SMILES string of the molecule is CCN(OS(=O)(=O)c1cc(F)cc(F)c1)C(C)=O. The summed E-state index contributed by atoms with van der Waals surface area (Å²) in [6.45, 7) is 2.57. The molecule has 0 saturated heterocycles. The molecule has 0 atom stereocenters. The first-order chi connectivity index (χ1) is 8.26. The third-order valence-electron chi connectivity index (χ3n) is 1.95. The van der Waals surface area contributed by atoms with E-state index in [1.165, 1.54) is 6.92 Å². The predicted octanol–water partition coefficient (Wildman–Crippen LogP) is 1.45. The monoisotopic (exact) mass is 279 g/mol. The molecule has 0 radical (unpaired) electrons. The Balaban J connectivity index is 3.10. The molecule has 8 heteroatoms. The molecule has 0 fully saturated rings. The number of hydrogen-bond donors (Lipinski definition) is 0. The van der Waals surface area contributed by atoms with E-state index in [0.29, 0.717) is 23.3 Å². The van der Waals surface area contributed by atoms with E-state index in [1.54, 1.807) is 0 Å². The van der Waals surface area contributed by atoms with Gasteiger partial charge in [0.15, 0.2) is 0 Å². The lowest BCUT2D eigenvalue weighted by molar-refractivity contribution is -0.152. The van der Waals surface area contributed by atoms with Gasteiger partial charge in [-0.05, 0) is 19.1 Å². The summed E-state index contributed by atoms with van der Waals surface area (Å²) in [5.74, 6) is -2.75. The molecule has 100 valence electrons. The summed E-state index contributed by atoms with van der Waals surface area (Å²) in [6, 6.07) is 1.74. The zero-order valence-corrected chi connectivity index (χ0v) is 10.5. The van der Waals surface area contributed by atoms with Crippen LogP contribution in [0.4, 0.5) is 8.78 Å². The number of halogens is 2. The van der Waals surface area contributed by atoms with Crippen molar-refractivity contribution in [3.63, 3.8) is 0 Å². The van der Waals surface area contributed by atoms with Crippen molar-refractivity contribution < 1.29 is 26.3 Å². The van der Waals surface area contributed by atoms with Crippen LogP contribution in [-0.2, 0) is 19.2 Å². The number of rotatable bonds is 4. The minimum absolute atomic E-state index is 0.0215. The van der Waals surface area contributed by atoms with Gasteiger partial charge in [-0.2, -0.15) is 8.42 Å². The smallest absolute Gasteiger partial charge is 0.273 e. The Morgan fingerprint density at radius 3 is 2.17 bits per heavy atom. The first-order valence-corrected chi connectivity index (χ1v) is 6.36. The zero-order chi connectivity index (χ0) is 13.9. The van der Waals surface area contributed by atoms with Crippen LogP contribution in [-0.4, -0.2) is 25.9 Å². The van der Waals surface area contributed by atoms with Gasteiger partial charge in [-0.15, -0.1) is 4.28 Å². The number of benzene rings is 1. The molecule has 1 aromatic rings. The molecule has 0 bridgehead atoms. The Morgan fingerprint density at radius 2 is 1.78 bits per heavy atom. The van der Waals surface area contributed by atoms with Crippen LogP contribution in [0.1, 0.15) is 13.8 Å². The summed E-state index contributed by atoms with van der Waals surface area (Å²) in [4.78, 5) is 10.3. The van der Waals surface area contributed by atoms with Crippen molar-refractivity contribution in [2.24, 2.45) is 0 Å². The van der Waals surface area contributed by atoms with Crippen LogP contribution in [0.3, 0.4) is 0 Å². The van der Waals surface area contributed by atoms with Gasteiger partial charge < -0.3 is 0 Å². The van der Waals surface area contributed by atoms with Crippen molar-refractivity contribution in [2.75, 3.05) is 6.54 Å². The van der Waals surface area contributed by atoms with Crippen molar-refractivity contribution in [3.8, 4) is 0 Å². The summed E-state index contributed by atoms with van der Waals surface area (Å²) in [5.41, 5.74) is 0. The van der Waals surface area contributed by atoms with Gasteiger partial charge in [0.25, 0.3) is 0 Å². The van der Waals surface area contributed by atoms with Crippen molar-refractivity contribution in [3.05, 3.63) is 29.8 Å². The molecular weight excluding hydrogens is 268 g/mol. The topological polar surface area (TPSA) is 63.7 Å². The zero-order valence-electron chi connectivity index (χ0n) is 9.68. The van der Waals surface area contributed by atoms with Crippen LogP contribution in [0.15, 0.2) is 23.1 Å². The molecule has 0 heterocycles. The van der Waals surface area contributed by atoms with Crippen LogP contribution in [0.25, 0.3) is 0 Å². The molecule has 0 saturated carbocycles. The second-order valence-electron chi connectivity index (χ2n) is 3.35. The van der Waals surface area contributed by atoms with E-state index in [1.807, 2.05) is 0 Å². The molecule has 0 aliphatic heterocycles. The number of amides is 1. The molecule has 1 rings (SSSR count). The molecule has 0 N–H and O–H groups in total. The number of carbonyl (C=O) groups excluding carboxylic acids is 1. The Morgan fingerprint density at radius 1 is 1.28 bits per heavy atom. The molecule has 0 aromatic heterocycles. The number of hydroxylamine groups is 2. The van der Waals surface area contributed by atoms with Crippen molar-refractivity contribution in [1.82, 2.24) is 5.06 Å². The predicted molar refractivity (Wildman–Crippen MR) is 57.7 cm³/mol. The maximum absolute atomic E-state index is 12.9. The summed E-state index contributed by atoms with van der Waals surface area (Å²) in [6.07, 6.45) is 0.